The van der Waals surface area contributed by atoms with Crippen molar-refractivity contribution in [1.82, 2.24) is 14.8 Å². The van der Waals surface area contributed by atoms with E-state index in [1.807, 2.05) is 32.0 Å². The van der Waals surface area contributed by atoms with Crippen LogP contribution in [0.2, 0.25) is 5.02 Å². The number of carbonyl (C=O) groups excluding carboxylic acids is 3. The highest BCUT2D eigenvalue weighted by molar-refractivity contribution is 7.22. The Bertz CT molecular complexity index is 1280. The first-order valence-electron chi connectivity index (χ1n) is 11.0. The van der Waals surface area contributed by atoms with Crippen LogP contribution in [-0.2, 0) is 0 Å². The van der Waals surface area contributed by atoms with Gasteiger partial charge in [-0.1, -0.05) is 29.9 Å². The number of hydrogen-bond acceptors (Lipinski definition) is 6. The molecule has 0 aliphatic carbocycles. The standard InChI is InChI=1S/C24H23ClN4O3S/c1-3-14(2)29-22(31)17-6-4-15(12-18(17)23(29)32)21(30)27-8-10-28(11-9-27)24-26-19-7-5-16(25)13-20(19)33-24/h4-7,12-14H,3,8-11H2,1-2H3. The van der Waals surface area contributed by atoms with Crippen LogP contribution < -0.4 is 4.90 Å². The first-order chi connectivity index (χ1) is 15.9. The van der Waals surface area contributed by atoms with Crippen molar-refractivity contribution in [1.29, 1.82) is 0 Å². The highest BCUT2D eigenvalue weighted by Gasteiger charge is 2.38. The van der Waals surface area contributed by atoms with E-state index in [0.29, 0.717) is 54.3 Å². The number of anilines is 1. The fraction of sp³-hybridized carbons (Fsp3) is 0.333. The van der Waals surface area contributed by atoms with Crippen LogP contribution in [0, 0.1) is 0 Å². The van der Waals surface area contributed by atoms with Crippen LogP contribution >= 0.6 is 22.9 Å². The molecule has 3 amide bonds. The van der Waals surface area contributed by atoms with Crippen LogP contribution in [0.3, 0.4) is 0 Å². The number of hydrogen-bond donors (Lipinski definition) is 0. The molecular formula is C24H23ClN4O3S. The molecule has 0 bridgehead atoms. The minimum absolute atomic E-state index is 0.129. The zero-order valence-corrected chi connectivity index (χ0v) is 19.9. The summed E-state index contributed by atoms with van der Waals surface area (Å²) >= 11 is 7.68. The molecule has 33 heavy (non-hydrogen) atoms. The molecule has 0 N–H and O–H groups in total. The topological polar surface area (TPSA) is 73.8 Å². The summed E-state index contributed by atoms with van der Waals surface area (Å²) in [6, 6.07) is 10.3. The molecule has 5 rings (SSSR count). The number of benzene rings is 2. The number of imide groups is 1. The van der Waals surface area contributed by atoms with Gasteiger partial charge in [0.1, 0.15) is 0 Å². The van der Waals surface area contributed by atoms with Gasteiger partial charge in [-0.05, 0) is 49.7 Å². The molecule has 1 unspecified atom stereocenters. The molecule has 3 aromatic rings. The van der Waals surface area contributed by atoms with Crippen LogP contribution in [0.1, 0.15) is 51.3 Å². The van der Waals surface area contributed by atoms with Crippen molar-refractivity contribution in [3.8, 4) is 0 Å². The number of rotatable bonds is 4. The van der Waals surface area contributed by atoms with E-state index < -0.39 is 0 Å². The van der Waals surface area contributed by atoms with Crippen molar-refractivity contribution in [2.75, 3.05) is 31.1 Å². The van der Waals surface area contributed by atoms with Gasteiger partial charge in [-0.3, -0.25) is 19.3 Å². The number of halogens is 1. The molecule has 1 fully saturated rings. The molecule has 1 atom stereocenters. The number of nitrogens with zero attached hydrogens (tertiary/aromatic N) is 4. The maximum Gasteiger partial charge on any atom is 0.261 e. The van der Waals surface area contributed by atoms with E-state index in [4.69, 9.17) is 16.6 Å². The van der Waals surface area contributed by atoms with Gasteiger partial charge in [-0.25, -0.2) is 4.98 Å². The number of amides is 3. The van der Waals surface area contributed by atoms with Gasteiger partial charge in [-0.2, -0.15) is 0 Å². The maximum absolute atomic E-state index is 13.2. The highest BCUT2D eigenvalue weighted by atomic mass is 35.5. The molecule has 7 nitrogen and oxygen atoms in total. The first-order valence-corrected chi connectivity index (χ1v) is 12.2. The van der Waals surface area contributed by atoms with E-state index in [9.17, 15) is 14.4 Å². The molecule has 170 valence electrons. The predicted molar refractivity (Wildman–Crippen MR) is 129 cm³/mol. The number of aromatic nitrogens is 1. The number of carbonyl (C=O) groups is 3. The molecule has 0 saturated carbocycles. The zero-order chi connectivity index (χ0) is 23.3. The lowest BCUT2D eigenvalue weighted by Crippen LogP contribution is -2.48. The van der Waals surface area contributed by atoms with Crippen molar-refractivity contribution >= 4 is 56.0 Å². The Kier molecular flexibility index (Phi) is 5.58. The summed E-state index contributed by atoms with van der Waals surface area (Å²) in [6.07, 6.45) is 0.684. The van der Waals surface area contributed by atoms with Crippen molar-refractivity contribution in [2.24, 2.45) is 0 Å². The maximum atomic E-state index is 13.2. The molecule has 0 radical (unpaired) electrons. The van der Waals surface area contributed by atoms with E-state index in [2.05, 4.69) is 4.90 Å². The summed E-state index contributed by atoms with van der Waals surface area (Å²) < 4.78 is 1.04. The quantitative estimate of drug-likeness (QED) is 0.518. The van der Waals surface area contributed by atoms with Gasteiger partial charge in [0.05, 0.1) is 21.3 Å². The summed E-state index contributed by atoms with van der Waals surface area (Å²) in [5, 5.41) is 1.61. The van der Waals surface area contributed by atoms with Crippen molar-refractivity contribution < 1.29 is 14.4 Å². The van der Waals surface area contributed by atoms with E-state index in [0.717, 1.165) is 15.3 Å². The minimum Gasteiger partial charge on any atom is -0.345 e. The largest absolute Gasteiger partial charge is 0.345 e. The molecule has 1 aromatic heterocycles. The third kappa shape index (κ3) is 3.77. The summed E-state index contributed by atoms with van der Waals surface area (Å²) in [7, 11) is 0. The second-order valence-corrected chi connectivity index (χ2v) is 9.83. The predicted octanol–water partition coefficient (Wildman–Crippen LogP) is 4.31. The number of fused-ring (bicyclic) bond motifs is 2. The molecule has 2 aromatic carbocycles. The van der Waals surface area contributed by atoms with E-state index in [-0.39, 0.29) is 23.8 Å². The average Bonchev–Trinajstić information content (AvgIpc) is 3.36. The number of piperazine rings is 1. The normalized spacial score (nSPS) is 17.1. The lowest BCUT2D eigenvalue weighted by atomic mass is 10.0. The average molecular weight is 483 g/mol. The fourth-order valence-electron chi connectivity index (χ4n) is 4.28. The van der Waals surface area contributed by atoms with Gasteiger partial charge in [0.2, 0.25) is 0 Å². The van der Waals surface area contributed by atoms with Crippen LogP contribution in [0.4, 0.5) is 5.13 Å². The second-order valence-electron chi connectivity index (χ2n) is 8.39. The Labute approximate surface area is 200 Å². The van der Waals surface area contributed by atoms with Gasteiger partial charge < -0.3 is 9.80 Å². The van der Waals surface area contributed by atoms with Crippen molar-refractivity contribution in [3.63, 3.8) is 0 Å². The summed E-state index contributed by atoms with van der Waals surface area (Å²) in [5.74, 6) is -0.732. The Balaban J connectivity index is 1.29. The van der Waals surface area contributed by atoms with Gasteiger partial charge in [-0.15, -0.1) is 0 Å². The van der Waals surface area contributed by atoms with E-state index in [1.54, 1.807) is 34.4 Å². The minimum atomic E-state index is -0.320. The Morgan fingerprint density at radius 3 is 2.52 bits per heavy atom. The molecular weight excluding hydrogens is 460 g/mol. The van der Waals surface area contributed by atoms with Crippen LogP contribution in [-0.4, -0.2) is 64.7 Å². The molecule has 1 saturated heterocycles. The second kappa shape index (κ2) is 8.43. The van der Waals surface area contributed by atoms with Crippen LogP contribution in [0.5, 0.6) is 0 Å². The van der Waals surface area contributed by atoms with E-state index >= 15 is 0 Å². The SMILES string of the molecule is CCC(C)N1C(=O)c2ccc(C(=O)N3CCN(c4nc5ccc(Cl)cc5s4)CC3)cc2C1=O. The Morgan fingerprint density at radius 1 is 1.06 bits per heavy atom. The van der Waals surface area contributed by atoms with Crippen LogP contribution in [0.25, 0.3) is 10.2 Å². The van der Waals surface area contributed by atoms with Gasteiger partial charge in [0, 0.05) is 42.8 Å². The molecule has 9 heteroatoms. The summed E-state index contributed by atoms with van der Waals surface area (Å²) in [6.45, 7) is 6.24. The Hall–Kier alpha value is -2.97. The zero-order valence-electron chi connectivity index (χ0n) is 18.4. The molecule has 0 spiro atoms. The van der Waals surface area contributed by atoms with Gasteiger partial charge in [0.25, 0.3) is 17.7 Å². The van der Waals surface area contributed by atoms with Crippen molar-refractivity contribution in [2.45, 2.75) is 26.3 Å². The molecule has 3 heterocycles. The lowest BCUT2D eigenvalue weighted by molar-refractivity contribution is 0.0593. The lowest BCUT2D eigenvalue weighted by Gasteiger charge is -2.34. The summed E-state index contributed by atoms with van der Waals surface area (Å²) in [4.78, 5) is 48.6. The van der Waals surface area contributed by atoms with Crippen molar-refractivity contribution in [3.05, 3.63) is 58.1 Å². The highest BCUT2D eigenvalue weighted by Crippen LogP contribution is 2.32. The molecule has 2 aliphatic rings. The van der Waals surface area contributed by atoms with E-state index in [1.165, 1.54) is 4.90 Å². The fourth-order valence-corrected chi connectivity index (χ4v) is 5.57. The molecule has 2 aliphatic heterocycles. The van der Waals surface area contributed by atoms with Gasteiger partial charge >= 0.3 is 0 Å². The first kappa shape index (κ1) is 21.9. The third-order valence-electron chi connectivity index (χ3n) is 6.37. The smallest absolute Gasteiger partial charge is 0.261 e. The number of thiazole rings is 1. The van der Waals surface area contributed by atoms with Crippen LogP contribution in [0.15, 0.2) is 36.4 Å². The Morgan fingerprint density at radius 2 is 1.79 bits per heavy atom. The third-order valence-corrected chi connectivity index (χ3v) is 7.69. The summed E-state index contributed by atoms with van der Waals surface area (Å²) in [5.41, 5.74) is 2.04. The van der Waals surface area contributed by atoms with Gasteiger partial charge in [0.15, 0.2) is 5.13 Å². The monoisotopic (exact) mass is 482 g/mol.